The molecule has 2 N–H and O–H groups in total. The lowest BCUT2D eigenvalue weighted by molar-refractivity contribution is 0.150. The number of amides is 1. The standard InChI is InChI=1S/C19H22N4O2/c1-21-19(24)25-14-2-3-16-15(9-14)17(20)23-13-7-10-4-11(8-13)6-12(5-10)18(23)22-16/h2-3,9-13,20H,4-8H2,1H3,(H,21,24). The van der Waals surface area contributed by atoms with Crippen LogP contribution >= 0.6 is 0 Å². The molecular weight excluding hydrogens is 316 g/mol. The summed E-state index contributed by atoms with van der Waals surface area (Å²) in [4.78, 5) is 16.4. The molecule has 2 atom stereocenters. The van der Waals surface area contributed by atoms with Crippen molar-refractivity contribution in [2.24, 2.45) is 11.8 Å². The molecular formula is C19H22N4O2. The third kappa shape index (κ3) is 2.27. The van der Waals surface area contributed by atoms with Crippen molar-refractivity contribution in [3.05, 3.63) is 29.5 Å². The summed E-state index contributed by atoms with van der Waals surface area (Å²) < 4.78 is 7.43. The third-order valence-corrected chi connectivity index (χ3v) is 6.20. The first-order valence-corrected chi connectivity index (χ1v) is 9.12. The number of carbonyl (C=O) groups excluding carboxylic acids is 1. The predicted molar refractivity (Wildman–Crippen MR) is 92.5 cm³/mol. The molecule has 0 spiro atoms. The molecule has 1 aromatic heterocycles. The van der Waals surface area contributed by atoms with Gasteiger partial charge in [-0.3, -0.25) is 5.41 Å². The molecule has 2 fully saturated rings. The second-order valence-electron chi connectivity index (χ2n) is 7.77. The Morgan fingerprint density at radius 3 is 2.72 bits per heavy atom. The van der Waals surface area contributed by atoms with Crippen molar-refractivity contribution in [1.29, 1.82) is 5.41 Å². The van der Waals surface area contributed by atoms with Crippen LogP contribution < -0.4 is 15.5 Å². The number of hydrogen-bond donors (Lipinski definition) is 2. The Bertz CT molecular complexity index is 921. The Kier molecular flexibility index (Phi) is 3.17. The smallest absolute Gasteiger partial charge is 0.410 e. The van der Waals surface area contributed by atoms with Crippen molar-refractivity contribution in [1.82, 2.24) is 14.9 Å². The van der Waals surface area contributed by atoms with Gasteiger partial charge in [0.15, 0.2) is 0 Å². The third-order valence-electron chi connectivity index (χ3n) is 6.20. The SMILES string of the molecule is CNC(=O)Oc1ccc2nc3n(c(=N)c2c1)C1CC2CC(CC3C2)C1. The highest BCUT2D eigenvalue weighted by atomic mass is 16.5. The fourth-order valence-corrected chi connectivity index (χ4v) is 5.34. The van der Waals surface area contributed by atoms with Gasteiger partial charge in [-0.1, -0.05) is 0 Å². The quantitative estimate of drug-likeness (QED) is 0.838. The molecule has 25 heavy (non-hydrogen) atoms. The second-order valence-corrected chi connectivity index (χ2v) is 7.77. The van der Waals surface area contributed by atoms with Gasteiger partial charge in [0.05, 0.1) is 5.52 Å². The van der Waals surface area contributed by atoms with Crippen molar-refractivity contribution in [3.63, 3.8) is 0 Å². The van der Waals surface area contributed by atoms with Crippen molar-refractivity contribution in [2.45, 2.75) is 44.1 Å². The Balaban J connectivity index is 1.68. The maximum absolute atomic E-state index is 11.5. The summed E-state index contributed by atoms with van der Waals surface area (Å²) in [5, 5.41) is 12.0. The van der Waals surface area contributed by atoms with E-state index in [4.69, 9.17) is 15.1 Å². The summed E-state index contributed by atoms with van der Waals surface area (Å²) in [7, 11) is 1.53. The van der Waals surface area contributed by atoms with E-state index in [1.165, 1.54) is 39.2 Å². The zero-order valence-electron chi connectivity index (χ0n) is 14.3. The number of nitrogens with one attached hydrogen (secondary N) is 2. The van der Waals surface area contributed by atoms with Gasteiger partial charge < -0.3 is 14.6 Å². The zero-order valence-corrected chi connectivity index (χ0v) is 14.3. The van der Waals surface area contributed by atoms with E-state index in [1.54, 1.807) is 12.1 Å². The first-order valence-electron chi connectivity index (χ1n) is 9.12. The second kappa shape index (κ2) is 5.31. The van der Waals surface area contributed by atoms with Gasteiger partial charge in [-0.15, -0.1) is 0 Å². The Labute approximate surface area is 145 Å². The van der Waals surface area contributed by atoms with E-state index in [2.05, 4.69) is 9.88 Å². The molecule has 1 aromatic carbocycles. The van der Waals surface area contributed by atoms with Crippen LogP contribution in [0.3, 0.4) is 0 Å². The van der Waals surface area contributed by atoms with E-state index in [1.807, 2.05) is 6.07 Å². The summed E-state index contributed by atoms with van der Waals surface area (Å²) >= 11 is 0. The Hall–Kier alpha value is -2.37. The number of rotatable bonds is 1. The minimum Gasteiger partial charge on any atom is -0.410 e. The summed E-state index contributed by atoms with van der Waals surface area (Å²) in [5.41, 5.74) is 1.34. The molecule has 3 heterocycles. The van der Waals surface area contributed by atoms with Crippen LogP contribution in [0.1, 0.15) is 49.9 Å². The van der Waals surface area contributed by atoms with Crippen LogP contribution in [0.5, 0.6) is 5.75 Å². The molecule has 6 heteroatoms. The number of aromatic nitrogens is 2. The van der Waals surface area contributed by atoms with E-state index in [9.17, 15) is 4.79 Å². The minimum atomic E-state index is -0.503. The van der Waals surface area contributed by atoms with Crippen LogP contribution in [-0.2, 0) is 0 Å². The van der Waals surface area contributed by atoms with E-state index in [-0.39, 0.29) is 0 Å². The average Bonchev–Trinajstić information content (AvgIpc) is 2.77. The molecule has 2 saturated carbocycles. The Morgan fingerprint density at radius 2 is 2.00 bits per heavy atom. The molecule has 2 aliphatic carbocycles. The average molecular weight is 338 g/mol. The number of ether oxygens (including phenoxy) is 1. The van der Waals surface area contributed by atoms with Gasteiger partial charge in [0.25, 0.3) is 0 Å². The molecule has 1 amide bonds. The first-order chi connectivity index (χ1) is 12.1. The molecule has 2 unspecified atom stereocenters. The van der Waals surface area contributed by atoms with Crippen LogP contribution in [0.15, 0.2) is 18.2 Å². The topological polar surface area (TPSA) is 80.0 Å². The van der Waals surface area contributed by atoms with Crippen molar-refractivity contribution >= 4 is 17.0 Å². The van der Waals surface area contributed by atoms with Crippen molar-refractivity contribution < 1.29 is 9.53 Å². The molecule has 4 aliphatic rings. The van der Waals surface area contributed by atoms with Crippen LogP contribution in [0, 0.1) is 17.2 Å². The van der Waals surface area contributed by atoms with E-state index < -0.39 is 6.09 Å². The maximum atomic E-state index is 11.5. The molecule has 130 valence electrons. The highest BCUT2D eigenvalue weighted by molar-refractivity contribution is 5.80. The summed E-state index contributed by atoms with van der Waals surface area (Å²) in [6, 6.07) is 5.78. The Morgan fingerprint density at radius 1 is 1.24 bits per heavy atom. The van der Waals surface area contributed by atoms with Crippen LogP contribution in [0.4, 0.5) is 4.79 Å². The highest BCUT2D eigenvalue weighted by Gasteiger charge is 2.43. The van der Waals surface area contributed by atoms with Gasteiger partial charge in [-0.2, -0.15) is 0 Å². The van der Waals surface area contributed by atoms with Gasteiger partial charge >= 0.3 is 6.09 Å². The monoisotopic (exact) mass is 338 g/mol. The van der Waals surface area contributed by atoms with E-state index in [0.29, 0.717) is 23.2 Å². The number of nitrogens with zero attached hydrogens (tertiary/aromatic N) is 2. The molecule has 2 aromatic rings. The van der Waals surface area contributed by atoms with Gasteiger partial charge in [-0.05, 0) is 62.1 Å². The maximum Gasteiger partial charge on any atom is 0.412 e. The molecule has 6 nitrogen and oxygen atoms in total. The highest BCUT2D eigenvalue weighted by Crippen LogP contribution is 2.52. The van der Waals surface area contributed by atoms with Gasteiger partial charge in [0, 0.05) is 24.4 Å². The summed E-state index contributed by atoms with van der Waals surface area (Å²) in [6.45, 7) is 0. The van der Waals surface area contributed by atoms with Crippen LogP contribution in [0.2, 0.25) is 0 Å². The first kappa shape index (κ1) is 14.9. The summed E-state index contributed by atoms with van der Waals surface area (Å²) in [5.74, 6) is 3.62. The number of fused-ring (bicyclic) bond motifs is 1. The van der Waals surface area contributed by atoms with Gasteiger partial charge in [-0.25, -0.2) is 9.78 Å². The number of carbonyl (C=O) groups is 1. The van der Waals surface area contributed by atoms with E-state index >= 15 is 0 Å². The van der Waals surface area contributed by atoms with Crippen LogP contribution in [-0.4, -0.2) is 22.7 Å². The van der Waals surface area contributed by atoms with Crippen molar-refractivity contribution in [2.75, 3.05) is 7.05 Å². The van der Waals surface area contributed by atoms with E-state index in [0.717, 1.165) is 28.6 Å². The normalized spacial score (nSPS) is 29.3. The van der Waals surface area contributed by atoms with Gasteiger partial charge in [0.1, 0.15) is 17.1 Å². The lowest BCUT2D eigenvalue weighted by Crippen LogP contribution is -2.31. The summed E-state index contributed by atoms with van der Waals surface area (Å²) in [6.07, 6.45) is 5.66. The van der Waals surface area contributed by atoms with Crippen molar-refractivity contribution in [3.8, 4) is 5.75 Å². The number of benzene rings is 1. The molecule has 0 saturated heterocycles. The molecule has 2 aliphatic heterocycles. The molecule has 0 radical (unpaired) electrons. The lowest BCUT2D eigenvalue weighted by atomic mass is 9.68. The molecule has 6 rings (SSSR count). The zero-order chi connectivity index (χ0) is 17.1. The molecule has 4 bridgehead atoms. The fourth-order valence-electron chi connectivity index (χ4n) is 5.34. The lowest BCUT2D eigenvalue weighted by Gasteiger charge is -2.37. The number of hydrogen-bond acceptors (Lipinski definition) is 4. The fraction of sp³-hybridized carbons (Fsp3) is 0.526. The minimum absolute atomic E-state index is 0.402. The van der Waals surface area contributed by atoms with Crippen LogP contribution in [0.25, 0.3) is 10.9 Å². The van der Waals surface area contributed by atoms with Gasteiger partial charge in [0.2, 0.25) is 0 Å². The largest absolute Gasteiger partial charge is 0.412 e. The predicted octanol–water partition coefficient (Wildman–Crippen LogP) is 3.08.